The van der Waals surface area contributed by atoms with Gasteiger partial charge in [-0.3, -0.25) is 10.1 Å². The molecule has 11 heteroatoms. The van der Waals surface area contributed by atoms with Crippen LogP contribution in [0.3, 0.4) is 0 Å². The zero-order valence-corrected chi connectivity index (χ0v) is 18.9. The van der Waals surface area contributed by atoms with Crippen molar-refractivity contribution >= 4 is 34.3 Å². The molecule has 4 rings (SSSR count). The highest BCUT2D eigenvalue weighted by atomic mass is 32.1. The van der Waals surface area contributed by atoms with Gasteiger partial charge < -0.3 is 20.3 Å². The summed E-state index contributed by atoms with van der Waals surface area (Å²) in [5.41, 5.74) is 1.90. The number of nitrogens with zero attached hydrogens (tertiary/aromatic N) is 2. The summed E-state index contributed by atoms with van der Waals surface area (Å²) in [7, 11) is 0. The molecule has 2 aromatic rings. The lowest BCUT2D eigenvalue weighted by atomic mass is 10.1. The number of hydrogen-bond acceptors (Lipinski definition) is 8. The van der Waals surface area contributed by atoms with Crippen LogP contribution in [0.2, 0.25) is 0 Å². The van der Waals surface area contributed by atoms with E-state index in [1.165, 1.54) is 16.9 Å². The van der Waals surface area contributed by atoms with Crippen molar-refractivity contribution in [3.8, 4) is 0 Å². The van der Waals surface area contributed by atoms with E-state index in [2.05, 4.69) is 26.9 Å². The van der Waals surface area contributed by atoms with Crippen LogP contribution < -0.4 is 10.6 Å². The molecular formula is C22H26N4O6S. The average molecular weight is 475 g/mol. The molecule has 2 heterocycles. The first-order chi connectivity index (χ1) is 15.8. The van der Waals surface area contributed by atoms with Gasteiger partial charge in [0.25, 0.3) is 5.91 Å². The molecule has 0 radical (unpaired) electrons. The summed E-state index contributed by atoms with van der Waals surface area (Å²) in [5, 5.41) is 31.4. The van der Waals surface area contributed by atoms with Crippen LogP contribution in [0.4, 0.5) is 5.13 Å². The van der Waals surface area contributed by atoms with E-state index in [9.17, 15) is 14.4 Å². The molecule has 1 aliphatic heterocycles. The van der Waals surface area contributed by atoms with E-state index in [1.807, 2.05) is 25.1 Å². The second kappa shape index (κ2) is 11.6. The Kier molecular flexibility index (Phi) is 8.64. The van der Waals surface area contributed by atoms with Crippen molar-refractivity contribution in [1.82, 2.24) is 15.5 Å². The predicted molar refractivity (Wildman–Crippen MR) is 122 cm³/mol. The summed E-state index contributed by atoms with van der Waals surface area (Å²) in [4.78, 5) is 31.5. The molecule has 1 aliphatic carbocycles. The molecule has 176 valence electrons. The number of benzene rings is 1. The Morgan fingerprint density at radius 3 is 2.42 bits per heavy atom. The zero-order chi connectivity index (χ0) is 23.8. The number of aromatic nitrogens is 2. The number of carbonyl (C=O) groups excluding carboxylic acids is 1. The topological polar surface area (TPSA) is 151 Å². The number of carbonyl (C=O) groups is 3. The molecular weight excluding hydrogens is 448 g/mol. The van der Waals surface area contributed by atoms with Crippen molar-refractivity contribution in [2.24, 2.45) is 0 Å². The molecule has 1 saturated carbocycles. The van der Waals surface area contributed by atoms with Gasteiger partial charge in [-0.05, 0) is 43.9 Å². The maximum absolute atomic E-state index is 12.4. The Bertz CT molecular complexity index is 1000. The van der Waals surface area contributed by atoms with Crippen molar-refractivity contribution in [2.45, 2.75) is 44.2 Å². The number of aryl methyl sites for hydroxylation is 1. The summed E-state index contributed by atoms with van der Waals surface area (Å²) in [6, 6.07) is 9.00. The van der Waals surface area contributed by atoms with Crippen LogP contribution >= 0.6 is 11.3 Å². The fourth-order valence-electron chi connectivity index (χ4n) is 3.48. The number of aliphatic carboxylic acids is 2. The van der Waals surface area contributed by atoms with Crippen LogP contribution in [0.5, 0.6) is 0 Å². The van der Waals surface area contributed by atoms with Gasteiger partial charge in [0.05, 0.1) is 0 Å². The second-order valence-electron chi connectivity index (χ2n) is 7.72. The fourth-order valence-corrected chi connectivity index (χ4v) is 4.07. The number of anilines is 1. The molecule has 1 saturated heterocycles. The standard InChI is InChI=1S/C18H22N4O2S.C4H4O4/c1-11-21-22-18(25-11)20-17(23)13-4-2-3-12(9-13)15-10-16(15)19-14-5-7-24-8-6-14;5-3(6)1-2-4(7)8/h2-4,9,14-16,19H,5-8,10H2,1H3,(H,20,22,23);1-2H,(H,5,6)(H,7,8)/t15-,16+;/m0./s1. The van der Waals surface area contributed by atoms with Crippen molar-refractivity contribution in [2.75, 3.05) is 18.5 Å². The third-order valence-electron chi connectivity index (χ3n) is 5.15. The van der Waals surface area contributed by atoms with Crippen LogP contribution in [0.1, 0.15) is 46.1 Å². The Labute approximate surface area is 194 Å². The molecule has 33 heavy (non-hydrogen) atoms. The monoisotopic (exact) mass is 474 g/mol. The minimum Gasteiger partial charge on any atom is -0.478 e. The lowest BCUT2D eigenvalue weighted by Crippen LogP contribution is -2.36. The van der Waals surface area contributed by atoms with E-state index in [4.69, 9.17) is 14.9 Å². The highest BCUT2D eigenvalue weighted by molar-refractivity contribution is 7.15. The fraction of sp³-hybridized carbons (Fsp3) is 0.409. The zero-order valence-electron chi connectivity index (χ0n) is 18.1. The first kappa shape index (κ1) is 24.5. The van der Waals surface area contributed by atoms with Crippen molar-refractivity contribution in [1.29, 1.82) is 0 Å². The van der Waals surface area contributed by atoms with Crippen LogP contribution in [0, 0.1) is 6.92 Å². The summed E-state index contributed by atoms with van der Waals surface area (Å²) in [5.74, 6) is -2.15. The first-order valence-corrected chi connectivity index (χ1v) is 11.3. The van der Waals surface area contributed by atoms with Crippen LogP contribution in [-0.2, 0) is 14.3 Å². The minimum atomic E-state index is -1.26. The van der Waals surface area contributed by atoms with Gasteiger partial charge in [0, 0.05) is 48.9 Å². The molecule has 2 atom stereocenters. The average Bonchev–Trinajstić information content (AvgIpc) is 3.44. The molecule has 1 aromatic heterocycles. The molecule has 4 N–H and O–H groups in total. The molecule has 0 unspecified atom stereocenters. The molecule has 1 aromatic carbocycles. The van der Waals surface area contributed by atoms with Crippen LogP contribution in [0.15, 0.2) is 36.4 Å². The molecule has 0 spiro atoms. The van der Waals surface area contributed by atoms with Gasteiger partial charge in [-0.25, -0.2) is 9.59 Å². The van der Waals surface area contributed by atoms with Crippen LogP contribution in [-0.4, -0.2) is 63.6 Å². The minimum absolute atomic E-state index is 0.132. The van der Waals surface area contributed by atoms with Gasteiger partial charge in [-0.15, -0.1) is 10.2 Å². The third kappa shape index (κ3) is 8.04. The lowest BCUT2D eigenvalue weighted by Gasteiger charge is -2.23. The number of nitrogens with one attached hydrogen (secondary N) is 2. The van der Waals surface area contributed by atoms with E-state index in [0.29, 0.717) is 40.8 Å². The number of hydrogen-bond donors (Lipinski definition) is 4. The van der Waals surface area contributed by atoms with Gasteiger partial charge in [-0.2, -0.15) is 0 Å². The summed E-state index contributed by atoms with van der Waals surface area (Å²) < 4.78 is 5.41. The quantitative estimate of drug-likeness (QED) is 0.444. The Hall–Kier alpha value is -3.15. The SMILES string of the molecule is Cc1nnc(NC(=O)c2cccc([C@@H]3C[C@H]3NC3CCOCC3)c2)s1.O=C(O)C=CC(=O)O. The Balaban J connectivity index is 0.000000331. The van der Waals surface area contributed by atoms with Gasteiger partial charge in [0.1, 0.15) is 5.01 Å². The van der Waals surface area contributed by atoms with Gasteiger partial charge >= 0.3 is 11.9 Å². The molecule has 0 bridgehead atoms. The highest BCUT2D eigenvalue weighted by Crippen LogP contribution is 2.41. The van der Waals surface area contributed by atoms with Crippen molar-refractivity contribution < 1.29 is 29.3 Å². The highest BCUT2D eigenvalue weighted by Gasteiger charge is 2.39. The third-order valence-corrected chi connectivity index (χ3v) is 5.91. The molecule has 10 nitrogen and oxygen atoms in total. The normalized spacial score (nSPS) is 20.0. The maximum Gasteiger partial charge on any atom is 0.328 e. The van der Waals surface area contributed by atoms with E-state index < -0.39 is 11.9 Å². The first-order valence-electron chi connectivity index (χ1n) is 10.5. The Morgan fingerprint density at radius 2 is 1.82 bits per heavy atom. The predicted octanol–water partition coefficient (Wildman–Crippen LogP) is 2.44. The van der Waals surface area contributed by atoms with E-state index in [0.717, 1.165) is 37.5 Å². The maximum atomic E-state index is 12.4. The largest absolute Gasteiger partial charge is 0.478 e. The summed E-state index contributed by atoms with van der Waals surface area (Å²) >= 11 is 1.38. The van der Waals surface area contributed by atoms with Crippen LogP contribution in [0.25, 0.3) is 0 Å². The van der Waals surface area contributed by atoms with Gasteiger partial charge in [-0.1, -0.05) is 23.5 Å². The van der Waals surface area contributed by atoms with Crippen molar-refractivity contribution in [3.05, 3.63) is 52.6 Å². The van der Waals surface area contributed by atoms with E-state index in [1.54, 1.807) is 0 Å². The smallest absolute Gasteiger partial charge is 0.328 e. The number of ether oxygens (including phenoxy) is 1. The number of carboxylic acid groups (broad SMARTS) is 2. The van der Waals surface area contributed by atoms with Gasteiger partial charge in [0.15, 0.2) is 0 Å². The van der Waals surface area contributed by atoms with E-state index >= 15 is 0 Å². The molecule has 1 amide bonds. The summed E-state index contributed by atoms with van der Waals surface area (Å²) in [6.07, 6.45) is 4.43. The molecule has 2 aliphatic rings. The summed E-state index contributed by atoms with van der Waals surface area (Å²) in [6.45, 7) is 3.58. The number of amides is 1. The second-order valence-corrected chi connectivity index (χ2v) is 8.90. The Morgan fingerprint density at radius 1 is 1.12 bits per heavy atom. The van der Waals surface area contributed by atoms with E-state index in [-0.39, 0.29) is 5.91 Å². The van der Waals surface area contributed by atoms with Crippen molar-refractivity contribution in [3.63, 3.8) is 0 Å². The number of carboxylic acids is 2. The number of rotatable bonds is 7. The molecule has 2 fully saturated rings. The lowest BCUT2D eigenvalue weighted by molar-refractivity contribution is -0.134. The van der Waals surface area contributed by atoms with Gasteiger partial charge in [0.2, 0.25) is 5.13 Å².